The Kier molecular flexibility index (Phi) is 3.01. The van der Waals surface area contributed by atoms with Gasteiger partial charge in [0.05, 0.1) is 4.88 Å². The van der Waals surface area contributed by atoms with Crippen LogP contribution >= 0.6 is 33.6 Å². The van der Waals surface area contributed by atoms with E-state index in [1.807, 2.05) is 0 Å². The van der Waals surface area contributed by atoms with E-state index in [-0.39, 0.29) is 9.09 Å². The fourth-order valence-corrected chi connectivity index (χ4v) is 3.15. The van der Waals surface area contributed by atoms with Gasteiger partial charge in [-0.3, -0.25) is 4.79 Å². The summed E-state index contributed by atoms with van der Waals surface area (Å²) in [7, 11) is 1.32. The molecule has 1 heterocycles. The van der Waals surface area contributed by atoms with Crippen molar-refractivity contribution in [3.63, 3.8) is 0 Å². The third-order valence-corrected chi connectivity index (χ3v) is 4.93. The first kappa shape index (κ1) is 11.0. The van der Waals surface area contributed by atoms with Crippen LogP contribution in [0.4, 0.5) is 0 Å². The monoisotopic (exact) mass is 258 g/mol. The average Bonchev–Trinajstić information content (AvgIpc) is 2.29. The second-order valence-electron chi connectivity index (χ2n) is 2.29. The Morgan fingerprint density at radius 3 is 2.31 bits per heavy atom. The van der Waals surface area contributed by atoms with E-state index in [1.54, 1.807) is 6.92 Å². The Bertz CT molecular complexity index is 446. The van der Waals surface area contributed by atoms with Crippen molar-refractivity contribution in [3.05, 3.63) is 16.5 Å². The maximum Gasteiger partial charge on any atom is 0.270 e. The summed E-state index contributed by atoms with van der Waals surface area (Å²) in [6.45, 7) is 1.59. The summed E-state index contributed by atoms with van der Waals surface area (Å²) in [4.78, 5) is 11.0. The zero-order valence-corrected chi connectivity index (χ0v) is 9.52. The van der Waals surface area contributed by atoms with Crippen LogP contribution in [-0.4, -0.2) is 13.7 Å². The fourth-order valence-electron chi connectivity index (χ4n) is 0.768. The van der Waals surface area contributed by atoms with Crippen molar-refractivity contribution in [2.45, 2.75) is 11.1 Å². The van der Waals surface area contributed by atoms with Gasteiger partial charge in [0.2, 0.25) is 0 Å². The van der Waals surface area contributed by atoms with Crippen LogP contribution in [0.3, 0.4) is 0 Å². The average molecular weight is 259 g/mol. The summed E-state index contributed by atoms with van der Waals surface area (Å²) >= 11 is 5.98. The lowest BCUT2D eigenvalue weighted by Gasteiger charge is -1.86. The first-order valence-electron chi connectivity index (χ1n) is 3.07. The molecule has 3 nitrogen and oxygen atoms in total. The van der Waals surface area contributed by atoms with Gasteiger partial charge in [0, 0.05) is 10.7 Å². The van der Waals surface area contributed by atoms with Crippen molar-refractivity contribution in [2.24, 2.45) is 0 Å². The van der Waals surface area contributed by atoms with E-state index in [2.05, 4.69) is 0 Å². The molecule has 0 fully saturated rings. The standard InChI is InChI=1S/C6H4Cl2O3S2/c1-3-2-4(13(8,10)11)12-5(3)6(7)9/h2H,1H3. The third kappa shape index (κ3) is 2.43. The van der Waals surface area contributed by atoms with E-state index in [1.165, 1.54) is 6.07 Å². The van der Waals surface area contributed by atoms with Gasteiger partial charge in [-0.05, 0) is 30.2 Å². The van der Waals surface area contributed by atoms with Gasteiger partial charge in [0.1, 0.15) is 4.21 Å². The molecule has 0 spiro atoms. The molecule has 0 aromatic carbocycles. The molecule has 0 amide bonds. The Morgan fingerprint density at radius 1 is 1.54 bits per heavy atom. The largest absolute Gasteiger partial charge is 0.275 e. The quantitative estimate of drug-likeness (QED) is 0.766. The minimum Gasteiger partial charge on any atom is -0.275 e. The van der Waals surface area contributed by atoms with Crippen LogP contribution < -0.4 is 0 Å². The van der Waals surface area contributed by atoms with Crippen LogP contribution in [0.25, 0.3) is 0 Å². The lowest BCUT2D eigenvalue weighted by molar-refractivity contribution is 0.108. The molecular weight excluding hydrogens is 255 g/mol. The van der Waals surface area contributed by atoms with Crippen LogP contribution in [-0.2, 0) is 9.05 Å². The van der Waals surface area contributed by atoms with Crippen LogP contribution in [0.5, 0.6) is 0 Å². The van der Waals surface area contributed by atoms with Crippen molar-refractivity contribution in [3.8, 4) is 0 Å². The van der Waals surface area contributed by atoms with Crippen molar-refractivity contribution in [2.75, 3.05) is 0 Å². The lowest BCUT2D eigenvalue weighted by Crippen LogP contribution is -1.84. The zero-order chi connectivity index (χ0) is 10.2. The highest BCUT2D eigenvalue weighted by Gasteiger charge is 2.18. The molecule has 0 aliphatic heterocycles. The fraction of sp³-hybridized carbons (Fsp3) is 0.167. The number of hydrogen-bond donors (Lipinski definition) is 0. The summed E-state index contributed by atoms with van der Waals surface area (Å²) < 4.78 is 21.6. The van der Waals surface area contributed by atoms with Crippen LogP contribution in [0.1, 0.15) is 15.2 Å². The summed E-state index contributed by atoms with van der Waals surface area (Å²) in [6.07, 6.45) is 0. The molecule has 72 valence electrons. The number of carbonyl (C=O) groups excluding carboxylic acids is 1. The van der Waals surface area contributed by atoms with E-state index in [0.717, 1.165) is 11.3 Å². The summed E-state index contributed by atoms with van der Waals surface area (Å²) in [6, 6.07) is 1.32. The van der Waals surface area contributed by atoms with Gasteiger partial charge < -0.3 is 0 Å². The smallest absolute Gasteiger partial charge is 0.270 e. The molecule has 0 bridgehead atoms. The molecule has 0 radical (unpaired) electrons. The molecule has 0 unspecified atom stereocenters. The molecular formula is C6H4Cl2O3S2. The van der Waals surface area contributed by atoms with E-state index in [0.29, 0.717) is 5.56 Å². The topological polar surface area (TPSA) is 51.2 Å². The molecule has 0 saturated carbocycles. The molecule has 13 heavy (non-hydrogen) atoms. The molecule has 1 aromatic heterocycles. The number of aryl methyl sites for hydroxylation is 1. The minimum atomic E-state index is -3.76. The predicted molar refractivity (Wildman–Crippen MR) is 52.3 cm³/mol. The van der Waals surface area contributed by atoms with Gasteiger partial charge in [-0.15, -0.1) is 11.3 Å². The summed E-state index contributed by atoms with van der Waals surface area (Å²) in [5, 5.41) is -0.672. The number of thiophene rings is 1. The highest BCUT2D eigenvalue weighted by atomic mass is 35.7. The number of hydrogen-bond acceptors (Lipinski definition) is 4. The van der Waals surface area contributed by atoms with Crippen LogP contribution in [0.15, 0.2) is 10.3 Å². The van der Waals surface area contributed by atoms with Gasteiger partial charge >= 0.3 is 0 Å². The molecule has 1 rings (SSSR count). The predicted octanol–water partition coefficient (Wildman–Crippen LogP) is 2.36. The molecule has 7 heteroatoms. The SMILES string of the molecule is Cc1cc(S(=O)(=O)Cl)sc1C(=O)Cl. The van der Waals surface area contributed by atoms with Crippen molar-refractivity contribution >= 4 is 47.9 Å². The van der Waals surface area contributed by atoms with Crippen molar-refractivity contribution in [1.82, 2.24) is 0 Å². The van der Waals surface area contributed by atoms with Gasteiger partial charge in [0.15, 0.2) is 0 Å². The maximum absolute atomic E-state index is 10.8. The molecule has 0 saturated heterocycles. The first-order chi connectivity index (χ1) is 5.82. The van der Waals surface area contributed by atoms with Gasteiger partial charge in [-0.2, -0.15) is 0 Å². The second-order valence-corrected chi connectivity index (χ2v) is 6.48. The minimum absolute atomic E-state index is 0.0596. The number of rotatable bonds is 2. The molecule has 0 atom stereocenters. The summed E-state index contributed by atoms with van der Waals surface area (Å²) in [5.74, 6) is 0. The van der Waals surface area contributed by atoms with Gasteiger partial charge in [-0.25, -0.2) is 8.42 Å². The lowest BCUT2D eigenvalue weighted by atomic mass is 10.3. The third-order valence-electron chi connectivity index (χ3n) is 1.31. The Morgan fingerprint density at radius 2 is 2.08 bits per heavy atom. The van der Waals surface area contributed by atoms with E-state index in [4.69, 9.17) is 22.3 Å². The highest BCUT2D eigenvalue weighted by Crippen LogP contribution is 2.29. The Labute approximate surface area is 88.7 Å². The molecule has 0 N–H and O–H groups in total. The van der Waals surface area contributed by atoms with Gasteiger partial charge in [0.25, 0.3) is 14.3 Å². The Balaban J connectivity index is 3.33. The highest BCUT2D eigenvalue weighted by molar-refractivity contribution is 8.15. The Hall–Kier alpha value is -0.100. The summed E-state index contributed by atoms with van der Waals surface area (Å²) in [5.41, 5.74) is 0.518. The van der Waals surface area contributed by atoms with E-state index >= 15 is 0 Å². The maximum atomic E-state index is 10.8. The molecule has 1 aromatic rings. The molecule has 0 aliphatic carbocycles. The second kappa shape index (κ2) is 3.57. The zero-order valence-electron chi connectivity index (χ0n) is 6.37. The van der Waals surface area contributed by atoms with Crippen molar-refractivity contribution < 1.29 is 13.2 Å². The molecule has 0 aliphatic rings. The van der Waals surface area contributed by atoms with E-state index < -0.39 is 14.3 Å². The number of carbonyl (C=O) groups is 1. The van der Waals surface area contributed by atoms with Crippen molar-refractivity contribution in [1.29, 1.82) is 0 Å². The first-order valence-corrected chi connectivity index (χ1v) is 6.57. The van der Waals surface area contributed by atoms with Crippen LogP contribution in [0, 0.1) is 6.92 Å². The number of halogens is 2. The van der Waals surface area contributed by atoms with Crippen LogP contribution in [0.2, 0.25) is 0 Å². The van der Waals surface area contributed by atoms with Gasteiger partial charge in [-0.1, -0.05) is 0 Å². The van der Waals surface area contributed by atoms with E-state index in [9.17, 15) is 13.2 Å². The normalized spacial score (nSPS) is 11.6.